The Morgan fingerprint density at radius 1 is 1.00 bits per heavy atom. The molecule has 0 atom stereocenters. The first-order chi connectivity index (χ1) is 13.7. The molecule has 0 aliphatic rings. The average molecular weight is 435 g/mol. The van der Waals surface area contributed by atoms with Crippen LogP contribution in [0.15, 0.2) is 63.9 Å². The van der Waals surface area contributed by atoms with E-state index in [1.807, 2.05) is 0 Å². The van der Waals surface area contributed by atoms with Gasteiger partial charge in [0.25, 0.3) is 10.0 Å². The number of furan rings is 1. The lowest BCUT2D eigenvalue weighted by Crippen LogP contribution is -2.13. The number of benzene rings is 2. The van der Waals surface area contributed by atoms with E-state index in [0.717, 1.165) is 0 Å². The number of nitrogens with one attached hydrogen (secondary N) is 2. The SMILES string of the molecule is CC(=O)Nc1ccc(S(=O)(=O)Nc2ccc(Cl)c(-c3ccc(C(=O)O)o3)c2)cc1. The molecule has 150 valence electrons. The number of anilines is 2. The highest BCUT2D eigenvalue weighted by Gasteiger charge is 2.17. The predicted octanol–water partition coefficient (Wildman–Crippen LogP) is 4.06. The zero-order valence-electron chi connectivity index (χ0n) is 15.0. The van der Waals surface area contributed by atoms with Crippen molar-refractivity contribution in [1.82, 2.24) is 0 Å². The minimum absolute atomic E-state index is 0.00531. The standard InChI is InChI=1S/C19H15ClN2O6S/c1-11(23)21-12-2-5-14(6-3-12)29(26,27)22-13-4-7-16(20)15(10-13)17-8-9-18(28-17)19(24)25/h2-10,22H,1H3,(H,21,23)(H,24,25). The van der Waals surface area contributed by atoms with Crippen LogP contribution in [0, 0.1) is 0 Å². The average Bonchev–Trinajstić information content (AvgIpc) is 3.13. The molecule has 1 amide bonds. The molecule has 3 rings (SSSR count). The van der Waals surface area contributed by atoms with Crippen LogP contribution in [0.25, 0.3) is 11.3 Å². The molecule has 3 aromatic rings. The summed E-state index contributed by atoms with van der Waals surface area (Å²) in [4.78, 5) is 22.0. The Hall–Kier alpha value is -3.30. The fourth-order valence-corrected chi connectivity index (χ4v) is 3.77. The summed E-state index contributed by atoms with van der Waals surface area (Å²) in [6, 6.07) is 12.8. The van der Waals surface area contributed by atoms with Gasteiger partial charge in [-0.1, -0.05) is 11.6 Å². The van der Waals surface area contributed by atoms with Gasteiger partial charge in [-0.3, -0.25) is 9.52 Å². The zero-order chi connectivity index (χ0) is 21.2. The second-order valence-electron chi connectivity index (χ2n) is 5.97. The molecule has 0 saturated heterocycles. The molecule has 0 aliphatic heterocycles. The van der Waals surface area contributed by atoms with Gasteiger partial charge in [0.2, 0.25) is 11.7 Å². The molecule has 0 spiro atoms. The van der Waals surface area contributed by atoms with Crippen molar-refractivity contribution in [2.24, 2.45) is 0 Å². The van der Waals surface area contributed by atoms with Crippen LogP contribution in [0.3, 0.4) is 0 Å². The number of amides is 1. The molecule has 0 bridgehead atoms. The van der Waals surface area contributed by atoms with Crippen LogP contribution in [-0.4, -0.2) is 25.4 Å². The topological polar surface area (TPSA) is 126 Å². The van der Waals surface area contributed by atoms with Crippen molar-refractivity contribution in [3.05, 3.63) is 65.4 Å². The van der Waals surface area contributed by atoms with Crippen LogP contribution in [0.2, 0.25) is 5.02 Å². The van der Waals surface area contributed by atoms with Gasteiger partial charge < -0.3 is 14.8 Å². The van der Waals surface area contributed by atoms with Crippen molar-refractivity contribution in [3.8, 4) is 11.3 Å². The van der Waals surface area contributed by atoms with Gasteiger partial charge >= 0.3 is 5.97 Å². The molecule has 8 nitrogen and oxygen atoms in total. The molecular formula is C19H15ClN2O6S. The molecule has 0 unspecified atom stereocenters. The maximum absolute atomic E-state index is 12.6. The van der Waals surface area contributed by atoms with Crippen LogP contribution in [0.4, 0.5) is 11.4 Å². The van der Waals surface area contributed by atoms with Crippen molar-refractivity contribution in [2.75, 3.05) is 10.0 Å². The number of carbonyl (C=O) groups is 2. The summed E-state index contributed by atoms with van der Waals surface area (Å²) < 4.78 is 32.9. The summed E-state index contributed by atoms with van der Waals surface area (Å²) in [7, 11) is -3.91. The zero-order valence-corrected chi connectivity index (χ0v) is 16.5. The lowest BCUT2D eigenvalue weighted by molar-refractivity contribution is -0.114. The van der Waals surface area contributed by atoms with Crippen molar-refractivity contribution < 1.29 is 27.5 Å². The van der Waals surface area contributed by atoms with Crippen LogP contribution in [0.1, 0.15) is 17.5 Å². The van der Waals surface area contributed by atoms with Gasteiger partial charge in [-0.05, 0) is 54.6 Å². The molecule has 29 heavy (non-hydrogen) atoms. The van der Waals surface area contributed by atoms with Gasteiger partial charge in [0, 0.05) is 23.9 Å². The first kappa shape index (κ1) is 20.4. The second kappa shape index (κ2) is 7.98. The van der Waals surface area contributed by atoms with E-state index in [9.17, 15) is 18.0 Å². The highest BCUT2D eigenvalue weighted by Crippen LogP contribution is 2.32. The van der Waals surface area contributed by atoms with Gasteiger partial charge in [0.15, 0.2) is 0 Å². The van der Waals surface area contributed by atoms with E-state index in [1.165, 1.54) is 61.5 Å². The van der Waals surface area contributed by atoms with E-state index in [0.29, 0.717) is 11.3 Å². The molecule has 10 heteroatoms. The first-order valence-corrected chi connectivity index (χ1v) is 10.1. The maximum Gasteiger partial charge on any atom is 0.371 e. The van der Waals surface area contributed by atoms with Gasteiger partial charge in [-0.15, -0.1) is 0 Å². The Kier molecular flexibility index (Phi) is 5.62. The number of sulfonamides is 1. The van der Waals surface area contributed by atoms with E-state index < -0.39 is 16.0 Å². The molecule has 0 aliphatic carbocycles. The van der Waals surface area contributed by atoms with Crippen LogP contribution in [0.5, 0.6) is 0 Å². The van der Waals surface area contributed by atoms with Gasteiger partial charge in [0.1, 0.15) is 5.76 Å². The fourth-order valence-electron chi connectivity index (χ4n) is 2.51. The number of hydrogen-bond donors (Lipinski definition) is 3. The number of rotatable bonds is 6. The third kappa shape index (κ3) is 4.76. The Bertz CT molecular complexity index is 1190. The Morgan fingerprint density at radius 3 is 2.24 bits per heavy atom. The van der Waals surface area contributed by atoms with Gasteiger partial charge in [0.05, 0.1) is 9.92 Å². The molecule has 0 saturated carbocycles. The Balaban J connectivity index is 1.87. The van der Waals surface area contributed by atoms with Crippen molar-refractivity contribution in [1.29, 1.82) is 0 Å². The number of carbonyl (C=O) groups excluding carboxylic acids is 1. The van der Waals surface area contributed by atoms with E-state index in [2.05, 4.69) is 10.0 Å². The minimum atomic E-state index is -3.91. The third-order valence-corrected chi connectivity index (χ3v) is 5.51. The van der Waals surface area contributed by atoms with Gasteiger partial charge in [-0.2, -0.15) is 0 Å². The Labute approximate surface area is 171 Å². The predicted molar refractivity (Wildman–Crippen MR) is 108 cm³/mol. The summed E-state index contributed by atoms with van der Waals surface area (Å²) in [5, 5.41) is 11.8. The highest BCUT2D eigenvalue weighted by molar-refractivity contribution is 7.92. The number of halogens is 1. The van der Waals surface area contributed by atoms with E-state index in [4.69, 9.17) is 21.1 Å². The molecule has 1 aromatic heterocycles. The highest BCUT2D eigenvalue weighted by atomic mass is 35.5. The van der Waals surface area contributed by atoms with Gasteiger partial charge in [-0.25, -0.2) is 13.2 Å². The molecule has 0 radical (unpaired) electrons. The lowest BCUT2D eigenvalue weighted by atomic mass is 10.1. The monoisotopic (exact) mass is 434 g/mol. The van der Waals surface area contributed by atoms with Crippen LogP contribution < -0.4 is 10.0 Å². The van der Waals surface area contributed by atoms with E-state index in [-0.39, 0.29) is 33.0 Å². The summed E-state index contributed by atoms with van der Waals surface area (Å²) in [6.45, 7) is 1.35. The summed E-state index contributed by atoms with van der Waals surface area (Å²) in [6.07, 6.45) is 0. The van der Waals surface area contributed by atoms with Crippen molar-refractivity contribution in [2.45, 2.75) is 11.8 Å². The lowest BCUT2D eigenvalue weighted by Gasteiger charge is -2.11. The summed E-state index contributed by atoms with van der Waals surface area (Å²) in [5.74, 6) is -1.57. The first-order valence-electron chi connectivity index (χ1n) is 8.19. The molecule has 1 heterocycles. The molecule has 3 N–H and O–H groups in total. The number of carboxylic acid groups (broad SMARTS) is 1. The Morgan fingerprint density at radius 2 is 1.66 bits per heavy atom. The largest absolute Gasteiger partial charge is 0.475 e. The quantitative estimate of drug-likeness (QED) is 0.537. The summed E-state index contributed by atoms with van der Waals surface area (Å²) in [5.41, 5.74) is 1.02. The minimum Gasteiger partial charge on any atom is -0.475 e. The molecule has 2 aromatic carbocycles. The van der Waals surface area contributed by atoms with Crippen molar-refractivity contribution in [3.63, 3.8) is 0 Å². The molecular weight excluding hydrogens is 420 g/mol. The fraction of sp³-hybridized carbons (Fsp3) is 0.0526. The van der Waals surface area contributed by atoms with E-state index in [1.54, 1.807) is 0 Å². The number of hydrogen-bond acceptors (Lipinski definition) is 5. The third-order valence-electron chi connectivity index (χ3n) is 3.79. The number of aromatic carboxylic acids is 1. The maximum atomic E-state index is 12.6. The summed E-state index contributed by atoms with van der Waals surface area (Å²) >= 11 is 6.15. The van der Waals surface area contributed by atoms with Crippen molar-refractivity contribution >= 4 is 44.9 Å². The smallest absolute Gasteiger partial charge is 0.371 e. The van der Waals surface area contributed by atoms with Crippen LogP contribution >= 0.6 is 11.6 Å². The molecule has 0 fully saturated rings. The normalized spacial score (nSPS) is 11.1. The van der Waals surface area contributed by atoms with E-state index >= 15 is 0 Å². The van der Waals surface area contributed by atoms with Crippen LogP contribution in [-0.2, 0) is 14.8 Å². The number of carboxylic acids is 1. The second-order valence-corrected chi connectivity index (χ2v) is 8.06.